The van der Waals surface area contributed by atoms with Crippen molar-refractivity contribution in [2.24, 2.45) is 10.1 Å². The second-order valence-electron chi connectivity index (χ2n) is 5.00. The summed E-state index contributed by atoms with van der Waals surface area (Å²) in [6.07, 6.45) is 0. The molecule has 0 saturated carbocycles. The van der Waals surface area contributed by atoms with Gasteiger partial charge in [0.1, 0.15) is 0 Å². The Morgan fingerprint density at radius 3 is 2.71 bits per heavy atom. The van der Waals surface area contributed by atoms with Crippen LogP contribution in [0.5, 0.6) is 0 Å². The van der Waals surface area contributed by atoms with Crippen molar-refractivity contribution in [3.05, 3.63) is 34.9 Å². The molecule has 0 spiro atoms. The lowest BCUT2D eigenvalue weighted by molar-refractivity contribution is 0.186. The number of thioether (sulfide) groups is 1. The Hall–Kier alpha value is -1.04. The van der Waals surface area contributed by atoms with E-state index in [1.54, 1.807) is 18.9 Å². The zero-order valence-electron chi connectivity index (χ0n) is 12.8. The van der Waals surface area contributed by atoms with E-state index in [-0.39, 0.29) is 18.4 Å². The summed E-state index contributed by atoms with van der Waals surface area (Å²) in [7, 11) is 1.69. The summed E-state index contributed by atoms with van der Waals surface area (Å²) in [6, 6.07) is 6.60. The Kier molecular flexibility index (Phi) is 7.22. The molecule has 2 rings (SSSR count). The van der Waals surface area contributed by atoms with Crippen LogP contribution in [-0.4, -0.2) is 36.4 Å². The van der Waals surface area contributed by atoms with Crippen LogP contribution >= 0.6 is 24.2 Å². The number of nitrogens with zero attached hydrogens (tertiary/aromatic N) is 2. The van der Waals surface area contributed by atoms with Gasteiger partial charge >= 0.3 is 0 Å². The van der Waals surface area contributed by atoms with Crippen molar-refractivity contribution in [1.29, 1.82) is 0 Å². The van der Waals surface area contributed by atoms with Crippen molar-refractivity contribution in [1.82, 2.24) is 5.43 Å². The molecule has 1 aliphatic heterocycles. The van der Waals surface area contributed by atoms with Crippen LogP contribution in [0, 0.1) is 13.8 Å². The zero-order chi connectivity index (χ0) is 14.5. The van der Waals surface area contributed by atoms with Gasteiger partial charge in [-0.2, -0.15) is 5.10 Å². The van der Waals surface area contributed by atoms with E-state index in [1.807, 2.05) is 6.92 Å². The number of ether oxygens (including phenoxy) is 1. The molecule has 1 unspecified atom stereocenters. The van der Waals surface area contributed by atoms with E-state index in [4.69, 9.17) is 4.74 Å². The third kappa shape index (κ3) is 5.02. The van der Waals surface area contributed by atoms with Gasteiger partial charge in [0.15, 0.2) is 5.17 Å². The highest BCUT2D eigenvalue weighted by Crippen LogP contribution is 2.17. The maximum absolute atomic E-state index is 5.08. The SMILES string of the molecule is COCC(C)N=C1NN=C(c2ccc(C)c(C)c2)CS1.Cl. The third-order valence-corrected chi connectivity index (χ3v) is 4.11. The van der Waals surface area contributed by atoms with Crippen LogP contribution < -0.4 is 5.43 Å². The normalized spacial score (nSPS) is 17.7. The number of benzene rings is 1. The van der Waals surface area contributed by atoms with Gasteiger partial charge in [0.25, 0.3) is 0 Å². The Balaban J connectivity index is 0.00000220. The van der Waals surface area contributed by atoms with Crippen LogP contribution in [0.15, 0.2) is 28.3 Å². The first-order valence-corrected chi connectivity index (χ1v) is 7.68. The quantitative estimate of drug-likeness (QED) is 0.924. The molecule has 1 aromatic rings. The van der Waals surface area contributed by atoms with Crippen LogP contribution in [0.25, 0.3) is 0 Å². The predicted octanol–water partition coefficient (Wildman–Crippen LogP) is 3.16. The van der Waals surface area contributed by atoms with Crippen LogP contribution in [0.1, 0.15) is 23.6 Å². The minimum Gasteiger partial charge on any atom is -0.382 e. The van der Waals surface area contributed by atoms with E-state index in [9.17, 15) is 0 Å². The highest BCUT2D eigenvalue weighted by Gasteiger charge is 2.14. The molecule has 1 N–H and O–H groups in total. The molecule has 1 atom stereocenters. The predicted molar refractivity (Wildman–Crippen MR) is 94.1 cm³/mol. The first-order valence-electron chi connectivity index (χ1n) is 6.70. The van der Waals surface area contributed by atoms with Crippen molar-refractivity contribution < 1.29 is 4.74 Å². The van der Waals surface area contributed by atoms with Crippen LogP contribution in [-0.2, 0) is 4.74 Å². The van der Waals surface area contributed by atoms with Crippen LogP contribution in [0.4, 0.5) is 0 Å². The average molecular weight is 328 g/mol. The second-order valence-corrected chi connectivity index (χ2v) is 5.96. The summed E-state index contributed by atoms with van der Waals surface area (Å²) >= 11 is 1.68. The highest BCUT2D eigenvalue weighted by atomic mass is 35.5. The standard InChI is InChI=1S/C15H21N3OS.ClH/c1-10-5-6-13(7-11(10)2)14-9-20-15(18-17-14)16-12(3)8-19-4;/h5-7,12H,8-9H2,1-4H3,(H,16,18);1H. The molecule has 6 heteroatoms. The molecule has 0 aliphatic carbocycles. The Morgan fingerprint density at radius 1 is 1.38 bits per heavy atom. The maximum atomic E-state index is 5.08. The van der Waals surface area contributed by atoms with Gasteiger partial charge in [0, 0.05) is 12.9 Å². The molecule has 0 amide bonds. The average Bonchev–Trinajstić information content (AvgIpc) is 2.43. The fourth-order valence-electron chi connectivity index (χ4n) is 1.93. The van der Waals surface area contributed by atoms with Gasteiger partial charge in [0.2, 0.25) is 0 Å². The summed E-state index contributed by atoms with van der Waals surface area (Å²) < 4.78 is 5.08. The smallest absolute Gasteiger partial charge is 0.177 e. The summed E-state index contributed by atoms with van der Waals surface area (Å²) in [5.74, 6) is 0.841. The van der Waals surface area contributed by atoms with Gasteiger partial charge in [0.05, 0.1) is 18.4 Å². The first kappa shape index (κ1) is 18.0. The Bertz CT molecular complexity index is 546. The van der Waals surface area contributed by atoms with Gasteiger partial charge in [-0.05, 0) is 43.5 Å². The number of aliphatic imine (C=N–C) groups is 1. The molecule has 0 aromatic heterocycles. The molecular weight excluding hydrogens is 306 g/mol. The Labute approximate surface area is 136 Å². The van der Waals surface area contributed by atoms with Gasteiger partial charge in [-0.15, -0.1) is 12.4 Å². The molecule has 21 heavy (non-hydrogen) atoms. The van der Waals surface area contributed by atoms with E-state index < -0.39 is 0 Å². The number of hydrogen-bond acceptors (Lipinski definition) is 4. The molecule has 0 radical (unpaired) electrons. The lowest BCUT2D eigenvalue weighted by atomic mass is 10.0. The number of aryl methyl sites for hydroxylation is 2. The molecule has 1 aliphatic rings. The number of halogens is 1. The lowest BCUT2D eigenvalue weighted by Gasteiger charge is -2.17. The molecule has 0 saturated heterocycles. The number of nitrogens with one attached hydrogen (secondary N) is 1. The number of hydrogen-bond donors (Lipinski definition) is 1. The van der Waals surface area contributed by atoms with E-state index in [0.717, 1.165) is 16.6 Å². The minimum atomic E-state index is 0. The van der Waals surface area contributed by atoms with Crippen LogP contribution in [0.3, 0.4) is 0 Å². The third-order valence-electron chi connectivity index (χ3n) is 3.22. The van der Waals surface area contributed by atoms with E-state index in [0.29, 0.717) is 6.61 Å². The molecular formula is C15H22ClN3OS. The molecule has 0 fully saturated rings. The Morgan fingerprint density at radius 2 is 2.14 bits per heavy atom. The summed E-state index contributed by atoms with van der Waals surface area (Å²) in [4.78, 5) is 4.52. The number of hydrazone groups is 1. The van der Waals surface area contributed by atoms with E-state index in [1.165, 1.54) is 16.7 Å². The summed E-state index contributed by atoms with van der Waals surface area (Å²) in [6.45, 7) is 6.90. The van der Waals surface area contributed by atoms with Gasteiger partial charge in [-0.25, -0.2) is 0 Å². The molecule has 1 heterocycles. The van der Waals surface area contributed by atoms with E-state index >= 15 is 0 Å². The van der Waals surface area contributed by atoms with Crippen LogP contribution in [0.2, 0.25) is 0 Å². The highest BCUT2D eigenvalue weighted by molar-refractivity contribution is 8.14. The monoisotopic (exact) mass is 327 g/mol. The topological polar surface area (TPSA) is 46.0 Å². The van der Waals surface area contributed by atoms with Crippen molar-refractivity contribution in [3.63, 3.8) is 0 Å². The maximum Gasteiger partial charge on any atom is 0.177 e. The molecule has 4 nitrogen and oxygen atoms in total. The second kappa shape index (κ2) is 8.41. The van der Waals surface area contributed by atoms with Gasteiger partial charge < -0.3 is 4.74 Å². The molecule has 0 bridgehead atoms. The van der Waals surface area contributed by atoms with Gasteiger partial charge in [-0.1, -0.05) is 23.9 Å². The minimum absolute atomic E-state index is 0. The van der Waals surface area contributed by atoms with Crippen molar-refractivity contribution in [2.75, 3.05) is 19.5 Å². The zero-order valence-corrected chi connectivity index (χ0v) is 14.5. The van der Waals surface area contributed by atoms with Gasteiger partial charge in [-0.3, -0.25) is 10.4 Å². The molecule has 1 aromatic carbocycles. The number of methoxy groups -OCH3 is 1. The summed E-state index contributed by atoms with van der Waals surface area (Å²) in [5.41, 5.74) is 7.88. The fourth-order valence-corrected chi connectivity index (χ4v) is 2.80. The number of rotatable bonds is 4. The lowest BCUT2D eigenvalue weighted by Crippen LogP contribution is -2.27. The first-order chi connectivity index (χ1) is 9.60. The fraction of sp³-hybridized carbons (Fsp3) is 0.467. The van der Waals surface area contributed by atoms with Crippen molar-refractivity contribution in [3.8, 4) is 0 Å². The van der Waals surface area contributed by atoms with Crippen molar-refractivity contribution >= 4 is 35.0 Å². The van der Waals surface area contributed by atoms with Crippen molar-refractivity contribution in [2.45, 2.75) is 26.8 Å². The molecule has 116 valence electrons. The largest absolute Gasteiger partial charge is 0.382 e. The van der Waals surface area contributed by atoms with E-state index in [2.05, 4.69) is 47.6 Å². The summed E-state index contributed by atoms with van der Waals surface area (Å²) in [5, 5.41) is 5.30. The number of amidine groups is 1.